The molecule has 3 aromatic rings. The van der Waals surface area contributed by atoms with Gasteiger partial charge in [0.25, 0.3) is 0 Å². The van der Waals surface area contributed by atoms with Gasteiger partial charge in [0.1, 0.15) is 11.9 Å². The molecule has 0 saturated carbocycles. The van der Waals surface area contributed by atoms with Crippen molar-refractivity contribution in [2.75, 3.05) is 6.54 Å². The van der Waals surface area contributed by atoms with Crippen molar-refractivity contribution in [1.29, 1.82) is 0 Å². The van der Waals surface area contributed by atoms with Crippen LogP contribution in [0, 0.1) is 0 Å². The van der Waals surface area contributed by atoms with Crippen molar-refractivity contribution in [3.63, 3.8) is 0 Å². The molecule has 0 saturated heterocycles. The number of H-pyrrole nitrogens is 1. The largest absolute Gasteiger partial charge is 0.340 e. The van der Waals surface area contributed by atoms with Crippen LogP contribution in [0.3, 0.4) is 0 Å². The monoisotopic (exact) mass is 369 g/mol. The van der Waals surface area contributed by atoms with Crippen LogP contribution in [0.1, 0.15) is 30.8 Å². The number of imidazole rings is 1. The summed E-state index contributed by atoms with van der Waals surface area (Å²) in [5.41, 5.74) is 3.03. The molecule has 0 bridgehead atoms. The second-order valence-corrected chi connectivity index (χ2v) is 6.87. The van der Waals surface area contributed by atoms with E-state index in [4.69, 9.17) is 16.6 Å². The fourth-order valence-corrected chi connectivity index (χ4v) is 3.50. The van der Waals surface area contributed by atoms with Crippen LogP contribution in [0.15, 0.2) is 42.7 Å². The summed E-state index contributed by atoms with van der Waals surface area (Å²) in [5, 5.41) is 4.94. The molecule has 1 amide bonds. The molecule has 0 spiro atoms. The molecule has 0 radical (unpaired) electrons. The average molecular weight is 370 g/mol. The lowest BCUT2D eigenvalue weighted by atomic mass is 10.1. The van der Waals surface area contributed by atoms with Crippen LogP contribution in [-0.4, -0.2) is 37.1 Å². The Labute approximate surface area is 156 Å². The van der Waals surface area contributed by atoms with E-state index >= 15 is 0 Å². The molecule has 1 aliphatic heterocycles. The highest BCUT2D eigenvalue weighted by Gasteiger charge is 2.29. The maximum absolute atomic E-state index is 13.0. The predicted octanol–water partition coefficient (Wildman–Crippen LogP) is 3.46. The summed E-state index contributed by atoms with van der Waals surface area (Å²) in [4.78, 5) is 22.9. The van der Waals surface area contributed by atoms with E-state index in [9.17, 15) is 4.79 Å². The van der Waals surface area contributed by atoms with Crippen LogP contribution < -0.4 is 0 Å². The molecule has 134 valence electrons. The van der Waals surface area contributed by atoms with Crippen molar-refractivity contribution in [1.82, 2.24) is 24.6 Å². The van der Waals surface area contributed by atoms with Gasteiger partial charge in [-0.2, -0.15) is 5.10 Å². The summed E-state index contributed by atoms with van der Waals surface area (Å²) in [6.07, 6.45) is 5.01. The molecule has 7 heteroatoms. The van der Waals surface area contributed by atoms with Crippen molar-refractivity contribution >= 4 is 17.5 Å². The van der Waals surface area contributed by atoms with E-state index in [1.54, 1.807) is 10.9 Å². The average Bonchev–Trinajstić information content (AvgIpc) is 3.32. The smallest absolute Gasteiger partial charge is 0.247 e. The third kappa shape index (κ3) is 3.12. The standard InChI is InChI=1S/C19H20ClN5O/c1-2-17(25-10-3-9-21-25)19(26)24-11-8-15-16(12-24)23-18(22-15)13-4-6-14(20)7-5-13/h3-7,9-10,17H,2,8,11-12H2,1H3,(H,22,23)/t17-/m1/s1. The normalized spacial score (nSPS) is 14.9. The van der Waals surface area contributed by atoms with Crippen LogP contribution in [0.5, 0.6) is 0 Å². The first kappa shape index (κ1) is 16.8. The summed E-state index contributed by atoms with van der Waals surface area (Å²) < 4.78 is 1.74. The van der Waals surface area contributed by atoms with Gasteiger partial charge < -0.3 is 9.88 Å². The van der Waals surface area contributed by atoms with Gasteiger partial charge in [0.2, 0.25) is 5.91 Å². The maximum atomic E-state index is 13.0. The van der Waals surface area contributed by atoms with Crippen LogP contribution in [0.4, 0.5) is 0 Å². The third-order valence-corrected chi connectivity index (χ3v) is 5.03. The molecule has 0 aliphatic carbocycles. The number of fused-ring (bicyclic) bond motifs is 1. The maximum Gasteiger partial charge on any atom is 0.247 e. The van der Waals surface area contributed by atoms with E-state index in [0.717, 1.165) is 29.2 Å². The Morgan fingerprint density at radius 1 is 1.35 bits per heavy atom. The van der Waals surface area contributed by atoms with Crippen molar-refractivity contribution < 1.29 is 4.79 Å². The van der Waals surface area contributed by atoms with Gasteiger partial charge in [0.05, 0.1) is 17.9 Å². The summed E-state index contributed by atoms with van der Waals surface area (Å²) in [7, 11) is 0. The van der Waals surface area contributed by atoms with E-state index in [2.05, 4.69) is 10.1 Å². The Hall–Kier alpha value is -2.60. The van der Waals surface area contributed by atoms with Gasteiger partial charge in [-0.3, -0.25) is 9.48 Å². The quantitative estimate of drug-likeness (QED) is 0.765. The molecule has 2 aromatic heterocycles. The molecular weight excluding hydrogens is 350 g/mol. The molecule has 26 heavy (non-hydrogen) atoms. The lowest BCUT2D eigenvalue weighted by molar-refractivity contribution is -0.136. The van der Waals surface area contributed by atoms with Crippen LogP contribution in [0.2, 0.25) is 5.02 Å². The van der Waals surface area contributed by atoms with Crippen molar-refractivity contribution in [3.8, 4) is 11.4 Å². The number of halogens is 1. The van der Waals surface area contributed by atoms with Crippen molar-refractivity contribution in [3.05, 3.63) is 59.1 Å². The van der Waals surface area contributed by atoms with E-state index in [1.165, 1.54) is 0 Å². The molecular formula is C19H20ClN5O. The lowest BCUT2D eigenvalue weighted by Gasteiger charge is -2.29. The van der Waals surface area contributed by atoms with Crippen molar-refractivity contribution in [2.45, 2.75) is 32.4 Å². The van der Waals surface area contributed by atoms with E-state index in [0.29, 0.717) is 24.5 Å². The van der Waals surface area contributed by atoms with Gasteiger partial charge >= 0.3 is 0 Å². The van der Waals surface area contributed by atoms with E-state index in [1.807, 2.05) is 48.4 Å². The molecule has 3 heterocycles. The first-order chi connectivity index (χ1) is 12.7. The summed E-state index contributed by atoms with van der Waals surface area (Å²) >= 11 is 5.96. The molecule has 1 atom stereocenters. The number of nitrogens with zero attached hydrogens (tertiary/aromatic N) is 4. The van der Waals surface area contributed by atoms with Crippen LogP contribution in [0.25, 0.3) is 11.4 Å². The zero-order chi connectivity index (χ0) is 18.1. The van der Waals surface area contributed by atoms with Gasteiger partial charge in [-0.15, -0.1) is 0 Å². The molecule has 1 aromatic carbocycles. The highest BCUT2D eigenvalue weighted by atomic mass is 35.5. The second-order valence-electron chi connectivity index (χ2n) is 6.44. The Balaban J connectivity index is 1.54. The Morgan fingerprint density at radius 2 is 2.15 bits per heavy atom. The van der Waals surface area contributed by atoms with Crippen LogP contribution in [-0.2, 0) is 17.8 Å². The van der Waals surface area contributed by atoms with Gasteiger partial charge in [-0.25, -0.2) is 4.98 Å². The summed E-state index contributed by atoms with van der Waals surface area (Å²) in [6, 6.07) is 9.18. The lowest BCUT2D eigenvalue weighted by Crippen LogP contribution is -2.40. The highest BCUT2D eigenvalue weighted by Crippen LogP contribution is 2.25. The number of nitrogens with one attached hydrogen (secondary N) is 1. The second kappa shape index (κ2) is 6.96. The minimum atomic E-state index is -0.259. The molecule has 4 rings (SSSR count). The first-order valence-electron chi connectivity index (χ1n) is 8.77. The van der Waals surface area contributed by atoms with Gasteiger partial charge in [0.15, 0.2) is 0 Å². The Kier molecular flexibility index (Phi) is 4.51. The number of amides is 1. The molecule has 0 unspecified atom stereocenters. The number of carbonyl (C=O) groups excluding carboxylic acids is 1. The number of aromatic amines is 1. The number of benzene rings is 1. The predicted molar refractivity (Wildman–Crippen MR) is 99.7 cm³/mol. The first-order valence-corrected chi connectivity index (χ1v) is 9.15. The Morgan fingerprint density at radius 3 is 2.85 bits per heavy atom. The van der Waals surface area contributed by atoms with E-state index < -0.39 is 0 Å². The van der Waals surface area contributed by atoms with E-state index in [-0.39, 0.29) is 11.9 Å². The molecule has 1 N–H and O–H groups in total. The van der Waals surface area contributed by atoms with Gasteiger partial charge in [-0.05, 0) is 36.8 Å². The number of hydrogen-bond donors (Lipinski definition) is 1. The molecule has 6 nitrogen and oxygen atoms in total. The summed E-state index contributed by atoms with van der Waals surface area (Å²) in [5.74, 6) is 0.921. The third-order valence-electron chi connectivity index (χ3n) is 4.78. The SMILES string of the molecule is CC[C@H](C(=O)N1CCc2nc(-c3ccc(Cl)cc3)[nH]c2C1)n1cccn1. The highest BCUT2D eigenvalue weighted by molar-refractivity contribution is 6.30. The number of aromatic nitrogens is 4. The van der Waals surface area contributed by atoms with Gasteiger partial charge in [0, 0.05) is 35.9 Å². The molecule has 0 fully saturated rings. The number of carbonyl (C=O) groups is 1. The zero-order valence-electron chi connectivity index (χ0n) is 14.5. The topological polar surface area (TPSA) is 66.8 Å². The zero-order valence-corrected chi connectivity index (χ0v) is 15.3. The van der Waals surface area contributed by atoms with Crippen molar-refractivity contribution in [2.24, 2.45) is 0 Å². The number of hydrogen-bond acceptors (Lipinski definition) is 3. The summed E-state index contributed by atoms with van der Waals surface area (Å²) in [6.45, 7) is 3.23. The molecule has 1 aliphatic rings. The fraction of sp³-hybridized carbons (Fsp3) is 0.316. The fourth-order valence-electron chi connectivity index (χ4n) is 3.38. The minimum Gasteiger partial charge on any atom is -0.340 e. The van der Waals surface area contributed by atoms with Crippen LogP contribution >= 0.6 is 11.6 Å². The minimum absolute atomic E-state index is 0.101. The number of rotatable bonds is 4. The van der Waals surface area contributed by atoms with Gasteiger partial charge in [-0.1, -0.05) is 18.5 Å². The Bertz CT molecular complexity index is 901.